The summed E-state index contributed by atoms with van der Waals surface area (Å²) in [6.45, 7) is 6.28. The number of carbonyl (C=O) groups excluding carboxylic acids is 1. The number of nitrogens with zero attached hydrogens (tertiary/aromatic N) is 7. The molecular formula is C22H24Cl2N8O. The third-order valence-electron chi connectivity index (χ3n) is 5.72. The van der Waals surface area contributed by atoms with E-state index >= 15 is 0 Å². The fourth-order valence-electron chi connectivity index (χ4n) is 4.24. The van der Waals surface area contributed by atoms with Crippen molar-refractivity contribution >= 4 is 40.9 Å². The van der Waals surface area contributed by atoms with Crippen LogP contribution >= 0.6 is 23.2 Å². The minimum absolute atomic E-state index is 0.359. The summed E-state index contributed by atoms with van der Waals surface area (Å²) in [4.78, 5) is 19.9. The van der Waals surface area contributed by atoms with E-state index in [1.165, 1.54) is 53.9 Å². The average Bonchev–Trinajstić information content (AvgIpc) is 3.14. The van der Waals surface area contributed by atoms with E-state index in [1.807, 2.05) is 30.6 Å². The lowest BCUT2D eigenvalue weighted by Gasteiger charge is -2.09. The van der Waals surface area contributed by atoms with Gasteiger partial charge in [0, 0.05) is 17.7 Å². The Morgan fingerprint density at radius 2 is 1.85 bits per heavy atom. The molecule has 1 spiro atoms. The Labute approximate surface area is 201 Å². The van der Waals surface area contributed by atoms with Crippen molar-refractivity contribution < 1.29 is 4.79 Å². The lowest BCUT2D eigenvalue weighted by Crippen LogP contribution is -2.09. The molecule has 2 aliphatic rings. The van der Waals surface area contributed by atoms with E-state index in [0.717, 1.165) is 5.65 Å². The minimum atomic E-state index is 0.359. The topological polar surface area (TPSA) is 103 Å². The van der Waals surface area contributed by atoms with Gasteiger partial charge in [-0.15, -0.1) is 4.80 Å². The van der Waals surface area contributed by atoms with Gasteiger partial charge in [0.15, 0.2) is 16.6 Å². The van der Waals surface area contributed by atoms with Crippen LogP contribution < -0.4 is 5.32 Å². The van der Waals surface area contributed by atoms with E-state index in [-0.39, 0.29) is 0 Å². The third-order valence-corrected chi connectivity index (χ3v) is 6.18. The summed E-state index contributed by atoms with van der Waals surface area (Å²) < 4.78 is 1.97. The van der Waals surface area contributed by atoms with Crippen LogP contribution in [0.5, 0.6) is 0 Å². The Morgan fingerprint density at radius 3 is 2.48 bits per heavy atom. The molecule has 4 aromatic heterocycles. The molecule has 1 fully saturated rings. The molecule has 1 N–H and O–H groups in total. The largest absolute Gasteiger partial charge is 0.327 e. The van der Waals surface area contributed by atoms with Crippen molar-refractivity contribution in [1.82, 2.24) is 34.6 Å². The molecule has 1 amide bonds. The van der Waals surface area contributed by atoms with E-state index in [4.69, 9.17) is 23.2 Å². The van der Waals surface area contributed by atoms with Crippen LogP contribution in [0.3, 0.4) is 0 Å². The van der Waals surface area contributed by atoms with Gasteiger partial charge >= 0.3 is 0 Å². The van der Waals surface area contributed by atoms with Gasteiger partial charge in [0.25, 0.3) is 0 Å². The zero-order valence-electron chi connectivity index (χ0n) is 18.5. The monoisotopic (exact) mass is 486 g/mol. The van der Waals surface area contributed by atoms with Gasteiger partial charge in [-0.25, -0.2) is 14.5 Å². The molecule has 1 unspecified atom stereocenters. The quantitative estimate of drug-likeness (QED) is 0.415. The maximum absolute atomic E-state index is 10.2. The third kappa shape index (κ3) is 4.43. The van der Waals surface area contributed by atoms with Crippen LogP contribution in [-0.4, -0.2) is 41.0 Å². The molecule has 11 heteroatoms. The molecule has 0 bridgehead atoms. The Hall–Kier alpha value is -3.04. The summed E-state index contributed by atoms with van der Waals surface area (Å²) in [5.74, 6) is 1.02. The lowest BCUT2D eigenvalue weighted by molar-refractivity contribution is -0.105. The van der Waals surface area contributed by atoms with Crippen LogP contribution in [0.1, 0.15) is 57.2 Å². The number of hydrogen-bond acceptors (Lipinski definition) is 6. The maximum atomic E-state index is 10.2. The molecule has 9 nitrogen and oxygen atoms in total. The normalized spacial score (nSPS) is 16.9. The van der Waals surface area contributed by atoms with Gasteiger partial charge in [0.1, 0.15) is 0 Å². The molecule has 4 aromatic rings. The number of anilines is 1. The van der Waals surface area contributed by atoms with Crippen LogP contribution in [0.25, 0.3) is 11.5 Å². The second-order valence-electron chi connectivity index (χ2n) is 7.79. The SMILES string of the molecule is CC.CC1CC2(CC2)c2c1cnc1cc(Cl)nn21.O=CNc1cnc(-n2nccn2)c(Cl)c1. The van der Waals surface area contributed by atoms with E-state index in [2.05, 4.69) is 37.5 Å². The highest BCUT2D eigenvalue weighted by molar-refractivity contribution is 6.32. The molecule has 6 rings (SSSR count). The predicted octanol–water partition coefficient (Wildman–Crippen LogP) is 4.83. The maximum Gasteiger partial charge on any atom is 0.211 e. The van der Waals surface area contributed by atoms with Crippen LogP contribution in [0, 0.1) is 0 Å². The first-order valence-corrected chi connectivity index (χ1v) is 11.5. The first kappa shape index (κ1) is 23.1. The molecule has 0 radical (unpaired) electrons. The summed E-state index contributed by atoms with van der Waals surface area (Å²) in [7, 11) is 0. The number of carbonyl (C=O) groups is 1. The second-order valence-corrected chi connectivity index (χ2v) is 8.59. The van der Waals surface area contributed by atoms with Gasteiger partial charge in [-0.3, -0.25) is 4.79 Å². The first-order chi connectivity index (χ1) is 16.0. The van der Waals surface area contributed by atoms with E-state index in [9.17, 15) is 4.79 Å². The number of pyridine rings is 1. The Kier molecular flexibility index (Phi) is 6.62. The minimum Gasteiger partial charge on any atom is -0.327 e. The second kappa shape index (κ2) is 9.44. The highest BCUT2D eigenvalue weighted by atomic mass is 35.5. The fourth-order valence-corrected chi connectivity index (χ4v) is 4.66. The number of amides is 1. The highest BCUT2D eigenvalue weighted by Crippen LogP contribution is 2.60. The molecule has 4 heterocycles. The number of halogens is 2. The van der Waals surface area contributed by atoms with Crippen LogP contribution in [0.2, 0.25) is 10.2 Å². The zero-order chi connectivity index (χ0) is 23.6. The molecule has 2 aliphatic carbocycles. The number of aromatic nitrogens is 7. The summed E-state index contributed by atoms with van der Waals surface area (Å²) in [6, 6.07) is 3.41. The Morgan fingerprint density at radius 1 is 1.12 bits per heavy atom. The van der Waals surface area contributed by atoms with Crippen molar-refractivity contribution in [3.63, 3.8) is 0 Å². The van der Waals surface area contributed by atoms with Gasteiger partial charge in [-0.05, 0) is 36.8 Å². The molecule has 33 heavy (non-hydrogen) atoms. The summed E-state index contributed by atoms with van der Waals surface area (Å²) in [6.07, 6.45) is 10.9. The van der Waals surface area contributed by atoms with E-state index < -0.39 is 0 Å². The fraction of sp³-hybridized carbons (Fsp3) is 0.364. The average molecular weight is 487 g/mol. The molecule has 1 atom stereocenters. The van der Waals surface area contributed by atoms with Crippen molar-refractivity contribution in [2.45, 2.75) is 51.4 Å². The number of hydrogen-bond donors (Lipinski definition) is 1. The molecule has 0 saturated heterocycles. The number of nitrogens with one attached hydrogen (secondary N) is 1. The number of fused-ring (bicyclic) bond motifs is 4. The van der Waals surface area contributed by atoms with Crippen molar-refractivity contribution in [2.24, 2.45) is 0 Å². The Balaban J connectivity index is 0.000000147. The van der Waals surface area contributed by atoms with Gasteiger partial charge in [-0.2, -0.15) is 15.3 Å². The summed E-state index contributed by atoms with van der Waals surface area (Å²) >= 11 is 11.9. The van der Waals surface area contributed by atoms with Gasteiger partial charge in [0.2, 0.25) is 6.41 Å². The van der Waals surface area contributed by atoms with Crippen molar-refractivity contribution in [3.05, 3.63) is 58.4 Å². The first-order valence-electron chi connectivity index (χ1n) is 10.8. The van der Waals surface area contributed by atoms with Crippen molar-refractivity contribution in [2.75, 3.05) is 5.32 Å². The highest BCUT2D eigenvalue weighted by Gasteiger charge is 2.53. The number of rotatable bonds is 3. The Bertz CT molecular complexity index is 1270. The molecular weight excluding hydrogens is 463 g/mol. The standard InChI is InChI=1S/C12H12ClN3.C8H6ClN5O.C2H6/c1-7-5-12(2-3-12)11-8(7)6-14-10-4-9(13)15-16(10)11;9-7-3-6(11-5-15)4-10-8(7)14-12-1-2-13-14;1-2/h4,6-7H,2-3,5H2,1H3;1-5H,(H,11,15);1-2H3. The van der Waals surface area contributed by atoms with Crippen LogP contribution in [0.15, 0.2) is 36.9 Å². The lowest BCUT2D eigenvalue weighted by atomic mass is 10.0. The smallest absolute Gasteiger partial charge is 0.211 e. The van der Waals surface area contributed by atoms with Gasteiger partial charge in [0.05, 0.1) is 35.0 Å². The molecule has 172 valence electrons. The predicted molar refractivity (Wildman–Crippen MR) is 127 cm³/mol. The van der Waals surface area contributed by atoms with Crippen molar-refractivity contribution in [1.29, 1.82) is 0 Å². The van der Waals surface area contributed by atoms with Crippen LogP contribution in [-0.2, 0) is 10.2 Å². The van der Waals surface area contributed by atoms with Crippen molar-refractivity contribution in [3.8, 4) is 5.82 Å². The zero-order valence-corrected chi connectivity index (χ0v) is 20.0. The molecule has 0 aliphatic heterocycles. The molecule has 0 aromatic carbocycles. The van der Waals surface area contributed by atoms with E-state index in [0.29, 0.717) is 39.4 Å². The summed E-state index contributed by atoms with van der Waals surface area (Å²) in [5.41, 5.74) is 4.53. The summed E-state index contributed by atoms with van der Waals surface area (Å²) in [5, 5.41) is 15.5. The van der Waals surface area contributed by atoms with E-state index in [1.54, 1.807) is 6.07 Å². The van der Waals surface area contributed by atoms with Crippen LogP contribution in [0.4, 0.5) is 5.69 Å². The molecule has 1 saturated carbocycles. The van der Waals surface area contributed by atoms with Gasteiger partial charge in [-0.1, -0.05) is 44.0 Å². The van der Waals surface area contributed by atoms with Gasteiger partial charge < -0.3 is 5.32 Å².